The van der Waals surface area contributed by atoms with Crippen LogP contribution in [0.2, 0.25) is 0 Å². The Balaban J connectivity index is 1.99. The molecule has 2 aromatic rings. The number of thiophene rings is 1. The smallest absolute Gasteiger partial charge is 0.211 e. The van der Waals surface area contributed by atoms with Crippen LogP contribution in [0.1, 0.15) is 15.2 Å². The number of Topliss-reactive ketones (excluding diaryl/α,β-unsaturated/α-hetero) is 1. The van der Waals surface area contributed by atoms with E-state index in [2.05, 4.69) is 15.9 Å². The lowest BCUT2D eigenvalue weighted by atomic mass is 10.2. The van der Waals surface area contributed by atoms with Gasteiger partial charge in [0, 0.05) is 4.47 Å². The highest BCUT2D eigenvalue weighted by atomic mass is 79.9. The molecule has 0 atom stereocenters. The number of aliphatic hydroxyl groups is 1. The Morgan fingerprint density at radius 2 is 2.22 bits per heavy atom. The van der Waals surface area contributed by atoms with E-state index in [4.69, 9.17) is 9.84 Å². The van der Waals surface area contributed by atoms with Crippen LogP contribution in [-0.2, 0) is 6.61 Å². The van der Waals surface area contributed by atoms with Crippen molar-refractivity contribution in [1.29, 1.82) is 0 Å². The molecule has 0 saturated heterocycles. The van der Waals surface area contributed by atoms with Gasteiger partial charge in [-0.25, -0.2) is 0 Å². The number of hydrogen-bond donors (Lipinski definition) is 1. The molecule has 1 aromatic heterocycles. The Hall–Kier alpha value is -1.17. The van der Waals surface area contributed by atoms with Gasteiger partial charge in [0.2, 0.25) is 5.78 Å². The molecule has 0 aliphatic rings. The third-order valence-electron chi connectivity index (χ3n) is 2.32. The molecular weight excluding hydrogens is 316 g/mol. The Morgan fingerprint density at radius 1 is 1.39 bits per heavy atom. The van der Waals surface area contributed by atoms with Gasteiger partial charge < -0.3 is 9.84 Å². The summed E-state index contributed by atoms with van der Waals surface area (Å²) >= 11 is 4.70. The molecule has 94 valence electrons. The number of benzene rings is 1. The highest BCUT2D eigenvalue weighted by molar-refractivity contribution is 9.10. The van der Waals surface area contributed by atoms with Gasteiger partial charge in [0.25, 0.3) is 0 Å². The van der Waals surface area contributed by atoms with Crippen molar-refractivity contribution < 1.29 is 14.6 Å². The lowest BCUT2D eigenvalue weighted by Crippen LogP contribution is -2.10. The second-order valence-corrected chi connectivity index (χ2v) is 5.39. The highest BCUT2D eigenvalue weighted by Crippen LogP contribution is 2.23. The zero-order chi connectivity index (χ0) is 13.0. The summed E-state index contributed by atoms with van der Waals surface area (Å²) in [6.45, 7) is -0.0460. The largest absolute Gasteiger partial charge is 0.485 e. The zero-order valence-electron chi connectivity index (χ0n) is 9.43. The van der Waals surface area contributed by atoms with Crippen LogP contribution in [0.3, 0.4) is 0 Å². The topological polar surface area (TPSA) is 46.5 Å². The van der Waals surface area contributed by atoms with E-state index in [1.165, 1.54) is 11.3 Å². The van der Waals surface area contributed by atoms with Crippen molar-refractivity contribution in [2.24, 2.45) is 0 Å². The third-order valence-corrected chi connectivity index (χ3v) is 4.20. The molecule has 18 heavy (non-hydrogen) atoms. The van der Waals surface area contributed by atoms with Crippen LogP contribution in [-0.4, -0.2) is 17.5 Å². The second-order valence-electron chi connectivity index (χ2n) is 3.62. The number of ketones is 1. The molecule has 0 unspecified atom stereocenters. The monoisotopic (exact) mass is 326 g/mol. The Kier molecular flexibility index (Phi) is 4.52. The summed E-state index contributed by atoms with van der Waals surface area (Å²) in [4.78, 5) is 12.5. The molecule has 3 nitrogen and oxygen atoms in total. The van der Waals surface area contributed by atoms with E-state index in [-0.39, 0.29) is 19.0 Å². The fourth-order valence-corrected chi connectivity index (χ4v) is 2.96. The maximum absolute atomic E-state index is 11.9. The summed E-state index contributed by atoms with van der Waals surface area (Å²) in [7, 11) is 0. The lowest BCUT2D eigenvalue weighted by Gasteiger charge is -2.06. The van der Waals surface area contributed by atoms with E-state index in [1.807, 2.05) is 11.4 Å². The molecule has 0 radical (unpaired) electrons. The Labute approximate surface area is 117 Å². The highest BCUT2D eigenvalue weighted by Gasteiger charge is 2.12. The summed E-state index contributed by atoms with van der Waals surface area (Å²) in [5, 5.41) is 10.8. The first-order valence-corrected chi connectivity index (χ1v) is 6.97. The van der Waals surface area contributed by atoms with E-state index in [1.54, 1.807) is 24.3 Å². The van der Waals surface area contributed by atoms with E-state index in [0.29, 0.717) is 10.6 Å². The van der Waals surface area contributed by atoms with Gasteiger partial charge in [0.15, 0.2) is 6.61 Å². The van der Waals surface area contributed by atoms with Crippen LogP contribution in [0.15, 0.2) is 40.2 Å². The summed E-state index contributed by atoms with van der Waals surface area (Å²) in [6, 6.07) is 8.90. The van der Waals surface area contributed by atoms with Crippen LogP contribution >= 0.6 is 27.3 Å². The summed E-state index contributed by atoms with van der Waals surface area (Å²) in [5.41, 5.74) is 0.761. The first-order valence-electron chi connectivity index (χ1n) is 5.29. The molecule has 0 bridgehead atoms. The average molecular weight is 327 g/mol. The van der Waals surface area contributed by atoms with Crippen LogP contribution < -0.4 is 4.74 Å². The van der Waals surface area contributed by atoms with Crippen LogP contribution in [0.25, 0.3) is 0 Å². The van der Waals surface area contributed by atoms with Gasteiger partial charge in [-0.1, -0.05) is 12.1 Å². The van der Waals surface area contributed by atoms with Crippen molar-refractivity contribution in [1.82, 2.24) is 0 Å². The Morgan fingerprint density at radius 3 is 2.89 bits per heavy atom. The van der Waals surface area contributed by atoms with Crippen LogP contribution in [0, 0.1) is 0 Å². The molecule has 0 fully saturated rings. The minimum Gasteiger partial charge on any atom is -0.485 e. The average Bonchev–Trinajstić information content (AvgIpc) is 2.82. The number of rotatable bonds is 5. The summed E-state index contributed by atoms with van der Waals surface area (Å²) < 4.78 is 6.21. The molecule has 0 spiro atoms. The van der Waals surface area contributed by atoms with Crippen molar-refractivity contribution in [3.05, 3.63) is 50.6 Å². The minimum atomic E-state index is -0.0636. The molecule has 0 saturated carbocycles. The second kappa shape index (κ2) is 6.13. The van der Waals surface area contributed by atoms with Crippen molar-refractivity contribution in [3.8, 4) is 5.75 Å². The van der Waals surface area contributed by atoms with Gasteiger partial charge in [-0.15, -0.1) is 11.3 Å². The molecular formula is C13H11BrO3S. The number of carbonyl (C=O) groups excluding carboxylic acids is 1. The molecule has 0 aliphatic heterocycles. The predicted octanol–water partition coefficient (Wildman–Crippen LogP) is 3.26. The first kappa shape index (κ1) is 13.3. The van der Waals surface area contributed by atoms with E-state index in [9.17, 15) is 4.79 Å². The number of halogens is 1. The standard InChI is InChI=1S/C13H11BrO3S/c14-11-4-5-18-13(11)12(16)8-17-10-3-1-2-9(6-10)7-15/h1-6,15H,7-8H2. The maximum Gasteiger partial charge on any atom is 0.211 e. The van der Waals surface area contributed by atoms with Gasteiger partial charge in [-0.2, -0.15) is 0 Å². The molecule has 1 N–H and O–H groups in total. The van der Waals surface area contributed by atoms with Gasteiger partial charge in [0.05, 0.1) is 11.5 Å². The summed E-state index contributed by atoms with van der Waals surface area (Å²) in [5.74, 6) is 0.522. The number of aliphatic hydroxyl groups excluding tert-OH is 1. The van der Waals surface area contributed by atoms with Crippen LogP contribution in [0.5, 0.6) is 5.75 Å². The molecule has 1 aromatic carbocycles. The molecule has 1 heterocycles. The predicted molar refractivity (Wildman–Crippen MR) is 74.2 cm³/mol. The summed E-state index contributed by atoms with van der Waals surface area (Å²) in [6.07, 6.45) is 0. The fourth-order valence-electron chi connectivity index (χ4n) is 1.44. The molecule has 0 aliphatic carbocycles. The maximum atomic E-state index is 11.9. The van der Waals surface area contributed by atoms with E-state index in [0.717, 1.165) is 10.0 Å². The Bertz CT molecular complexity index is 551. The first-order chi connectivity index (χ1) is 8.70. The van der Waals surface area contributed by atoms with Crippen molar-refractivity contribution >= 4 is 33.0 Å². The van der Waals surface area contributed by atoms with Crippen LogP contribution in [0.4, 0.5) is 0 Å². The van der Waals surface area contributed by atoms with Gasteiger partial charge in [-0.3, -0.25) is 4.79 Å². The van der Waals surface area contributed by atoms with Crippen molar-refractivity contribution in [2.45, 2.75) is 6.61 Å². The van der Waals surface area contributed by atoms with E-state index < -0.39 is 0 Å². The lowest BCUT2D eigenvalue weighted by molar-refractivity contribution is 0.0925. The van der Waals surface area contributed by atoms with E-state index >= 15 is 0 Å². The van der Waals surface area contributed by atoms with Gasteiger partial charge in [0.1, 0.15) is 5.75 Å². The zero-order valence-corrected chi connectivity index (χ0v) is 11.8. The normalized spacial score (nSPS) is 10.3. The molecule has 5 heteroatoms. The van der Waals surface area contributed by atoms with Crippen molar-refractivity contribution in [2.75, 3.05) is 6.61 Å². The SMILES string of the molecule is O=C(COc1cccc(CO)c1)c1sccc1Br. The third kappa shape index (κ3) is 3.19. The number of hydrogen-bond acceptors (Lipinski definition) is 4. The van der Waals surface area contributed by atoms with Crippen molar-refractivity contribution in [3.63, 3.8) is 0 Å². The number of ether oxygens (including phenoxy) is 1. The molecule has 2 rings (SSSR count). The quantitative estimate of drug-likeness (QED) is 0.858. The minimum absolute atomic E-state index is 0.00596. The molecule has 0 amide bonds. The van der Waals surface area contributed by atoms with Gasteiger partial charge >= 0.3 is 0 Å². The fraction of sp³-hybridized carbons (Fsp3) is 0.154. The number of carbonyl (C=O) groups is 1. The van der Waals surface area contributed by atoms with Gasteiger partial charge in [-0.05, 0) is 45.1 Å².